The smallest absolute Gasteiger partial charge is 0.120 e. The van der Waals surface area contributed by atoms with Gasteiger partial charge in [0.2, 0.25) is 0 Å². The fourth-order valence-corrected chi connectivity index (χ4v) is 2.94. The van der Waals surface area contributed by atoms with E-state index >= 15 is 0 Å². The summed E-state index contributed by atoms with van der Waals surface area (Å²) in [5.74, 6) is 0.391. The van der Waals surface area contributed by atoms with Crippen molar-refractivity contribution in [3.63, 3.8) is 0 Å². The molecular formula is C17H19NO. The summed E-state index contributed by atoms with van der Waals surface area (Å²) in [4.78, 5) is 2.38. The number of phenols is 1. The van der Waals surface area contributed by atoms with Gasteiger partial charge in [0.05, 0.1) is 6.04 Å². The second kappa shape index (κ2) is 4.61. The van der Waals surface area contributed by atoms with Crippen molar-refractivity contribution in [1.82, 2.24) is 0 Å². The second-order valence-electron chi connectivity index (χ2n) is 5.31. The quantitative estimate of drug-likeness (QED) is 0.879. The summed E-state index contributed by atoms with van der Waals surface area (Å²) in [7, 11) is 0. The van der Waals surface area contributed by atoms with Crippen molar-refractivity contribution in [3.05, 3.63) is 59.2 Å². The lowest BCUT2D eigenvalue weighted by Crippen LogP contribution is -2.24. The van der Waals surface area contributed by atoms with E-state index in [1.807, 2.05) is 6.07 Å². The first-order chi connectivity index (χ1) is 9.16. The molecule has 1 unspecified atom stereocenters. The van der Waals surface area contributed by atoms with Crippen molar-refractivity contribution < 1.29 is 5.11 Å². The van der Waals surface area contributed by atoms with Gasteiger partial charge in [0, 0.05) is 17.8 Å². The van der Waals surface area contributed by atoms with Gasteiger partial charge < -0.3 is 10.0 Å². The van der Waals surface area contributed by atoms with Gasteiger partial charge >= 0.3 is 0 Å². The van der Waals surface area contributed by atoms with Crippen LogP contribution >= 0.6 is 0 Å². The average Bonchev–Trinajstić information content (AvgIpc) is 2.84. The Balaban J connectivity index is 1.97. The van der Waals surface area contributed by atoms with Crippen LogP contribution in [0.25, 0.3) is 0 Å². The van der Waals surface area contributed by atoms with E-state index in [9.17, 15) is 5.11 Å². The summed E-state index contributed by atoms with van der Waals surface area (Å²) in [6.45, 7) is 5.25. The molecule has 3 rings (SSSR count). The molecule has 0 saturated heterocycles. The maximum Gasteiger partial charge on any atom is 0.120 e. The fraction of sp³-hybridized carbons (Fsp3) is 0.294. The van der Waals surface area contributed by atoms with Crippen LogP contribution < -0.4 is 4.90 Å². The third kappa shape index (κ3) is 2.07. The predicted octanol–water partition coefficient (Wildman–Crippen LogP) is 3.82. The molecule has 0 amide bonds. The Bertz CT molecular complexity index is 606. The van der Waals surface area contributed by atoms with Gasteiger partial charge in [0.25, 0.3) is 0 Å². The Morgan fingerprint density at radius 3 is 2.79 bits per heavy atom. The van der Waals surface area contributed by atoms with E-state index in [2.05, 4.69) is 49.1 Å². The topological polar surface area (TPSA) is 23.5 Å². The molecule has 2 nitrogen and oxygen atoms in total. The third-order valence-electron chi connectivity index (χ3n) is 4.02. The monoisotopic (exact) mass is 253 g/mol. The molecule has 0 aromatic heterocycles. The van der Waals surface area contributed by atoms with Crippen molar-refractivity contribution >= 4 is 5.69 Å². The molecule has 2 aromatic carbocycles. The molecule has 1 aliphatic heterocycles. The van der Waals surface area contributed by atoms with Crippen molar-refractivity contribution in [2.45, 2.75) is 26.3 Å². The third-order valence-corrected chi connectivity index (χ3v) is 4.02. The highest BCUT2D eigenvalue weighted by molar-refractivity contribution is 5.60. The zero-order valence-corrected chi connectivity index (χ0v) is 11.4. The molecule has 1 N–H and O–H groups in total. The molecule has 1 aliphatic rings. The van der Waals surface area contributed by atoms with E-state index in [0.717, 1.165) is 18.5 Å². The summed E-state index contributed by atoms with van der Waals surface area (Å²) >= 11 is 0. The SMILES string of the molecule is Cc1ccc(O)c(C(C)N2CCc3ccccc32)c1. The van der Waals surface area contributed by atoms with Crippen LogP contribution in [-0.4, -0.2) is 11.7 Å². The molecule has 0 saturated carbocycles. The zero-order chi connectivity index (χ0) is 13.4. The van der Waals surface area contributed by atoms with Crippen LogP contribution in [-0.2, 0) is 6.42 Å². The van der Waals surface area contributed by atoms with Crippen LogP contribution in [0.15, 0.2) is 42.5 Å². The van der Waals surface area contributed by atoms with E-state index in [4.69, 9.17) is 0 Å². The van der Waals surface area contributed by atoms with Crippen molar-refractivity contribution in [1.29, 1.82) is 0 Å². The molecule has 19 heavy (non-hydrogen) atoms. The Morgan fingerprint density at radius 2 is 1.95 bits per heavy atom. The maximum absolute atomic E-state index is 10.1. The van der Waals surface area contributed by atoms with E-state index < -0.39 is 0 Å². The summed E-state index contributed by atoms with van der Waals surface area (Å²) < 4.78 is 0. The molecule has 0 spiro atoms. The number of anilines is 1. The van der Waals surface area contributed by atoms with Gasteiger partial charge in [0.1, 0.15) is 5.75 Å². The number of rotatable bonds is 2. The van der Waals surface area contributed by atoms with Gasteiger partial charge in [-0.1, -0.05) is 35.9 Å². The molecule has 1 atom stereocenters. The van der Waals surface area contributed by atoms with Crippen LogP contribution in [0.3, 0.4) is 0 Å². The standard InChI is InChI=1S/C17H19NO/c1-12-7-8-17(19)15(11-12)13(2)18-10-9-14-5-3-4-6-16(14)18/h3-8,11,13,19H,9-10H2,1-2H3. The Labute approximate surface area is 114 Å². The minimum Gasteiger partial charge on any atom is -0.508 e. The number of para-hydroxylation sites is 1. The minimum absolute atomic E-state index is 0.198. The number of nitrogens with zero attached hydrogens (tertiary/aromatic N) is 1. The van der Waals surface area contributed by atoms with Gasteiger partial charge in [-0.15, -0.1) is 0 Å². The highest BCUT2D eigenvalue weighted by Crippen LogP contribution is 2.37. The lowest BCUT2D eigenvalue weighted by atomic mass is 10.0. The maximum atomic E-state index is 10.1. The van der Waals surface area contributed by atoms with Crippen molar-refractivity contribution in [2.75, 3.05) is 11.4 Å². The van der Waals surface area contributed by atoms with Crippen LogP contribution in [0.4, 0.5) is 5.69 Å². The molecule has 0 fully saturated rings. The summed E-state index contributed by atoms with van der Waals surface area (Å²) in [5, 5.41) is 10.1. The van der Waals surface area contributed by atoms with E-state index in [0.29, 0.717) is 5.75 Å². The van der Waals surface area contributed by atoms with Crippen molar-refractivity contribution in [2.24, 2.45) is 0 Å². The van der Waals surface area contributed by atoms with Gasteiger partial charge in [-0.3, -0.25) is 0 Å². The number of hydrogen-bond donors (Lipinski definition) is 1. The summed E-state index contributed by atoms with van der Waals surface area (Å²) in [5.41, 5.74) is 4.90. The van der Waals surface area contributed by atoms with Crippen LogP contribution in [0.5, 0.6) is 5.75 Å². The molecule has 2 aromatic rings. The van der Waals surface area contributed by atoms with E-state index in [1.54, 1.807) is 6.07 Å². The molecule has 2 heteroatoms. The molecule has 0 aliphatic carbocycles. The Hall–Kier alpha value is -1.96. The zero-order valence-electron chi connectivity index (χ0n) is 11.4. The summed E-state index contributed by atoms with van der Waals surface area (Å²) in [6, 6.07) is 14.6. The highest BCUT2D eigenvalue weighted by Gasteiger charge is 2.25. The largest absolute Gasteiger partial charge is 0.508 e. The predicted molar refractivity (Wildman–Crippen MR) is 78.8 cm³/mol. The van der Waals surface area contributed by atoms with Gasteiger partial charge in [-0.25, -0.2) is 0 Å². The van der Waals surface area contributed by atoms with Gasteiger partial charge in [-0.05, 0) is 38.0 Å². The number of aromatic hydroxyl groups is 1. The number of aryl methyl sites for hydroxylation is 1. The number of fused-ring (bicyclic) bond motifs is 1. The highest BCUT2D eigenvalue weighted by atomic mass is 16.3. The molecule has 0 radical (unpaired) electrons. The first-order valence-electron chi connectivity index (χ1n) is 6.81. The second-order valence-corrected chi connectivity index (χ2v) is 5.31. The number of hydrogen-bond acceptors (Lipinski definition) is 2. The molecular weight excluding hydrogens is 234 g/mol. The lowest BCUT2D eigenvalue weighted by molar-refractivity contribution is 0.461. The minimum atomic E-state index is 0.198. The van der Waals surface area contributed by atoms with Crippen LogP contribution in [0.1, 0.15) is 29.7 Å². The van der Waals surface area contributed by atoms with E-state index in [-0.39, 0.29) is 6.04 Å². The Kier molecular flexibility index (Phi) is 2.94. The van der Waals surface area contributed by atoms with Gasteiger partial charge in [0.15, 0.2) is 0 Å². The van der Waals surface area contributed by atoms with Crippen molar-refractivity contribution in [3.8, 4) is 5.75 Å². The number of benzene rings is 2. The first-order valence-corrected chi connectivity index (χ1v) is 6.81. The fourth-order valence-electron chi connectivity index (χ4n) is 2.94. The lowest BCUT2D eigenvalue weighted by Gasteiger charge is -2.28. The number of phenolic OH excluding ortho intramolecular Hbond substituents is 1. The molecule has 1 heterocycles. The summed E-state index contributed by atoms with van der Waals surface area (Å²) in [6.07, 6.45) is 1.09. The first kappa shape index (κ1) is 12.1. The van der Waals surface area contributed by atoms with Gasteiger partial charge in [-0.2, -0.15) is 0 Å². The normalized spacial score (nSPS) is 15.4. The molecule has 0 bridgehead atoms. The molecule has 98 valence electrons. The van der Waals surface area contributed by atoms with E-state index in [1.165, 1.54) is 16.8 Å². The Morgan fingerprint density at radius 1 is 1.16 bits per heavy atom. The van der Waals surface area contributed by atoms with Crippen LogP contribution in [0.2, 0.25) is 0 Å². The average molecular weight is 253 g/mol. The van der Waals surface area contributed by atoms with Crippen LogP contribution in [0, 0.1) is 6.92 Å².